The average molecular weight is 573 g/mol. The molecule has 0 aliphatic rings. The van der Waals surface area contributed by atoms with Crippen LogP contribution in [0.5, 0.6) is 5.75 Å². The maximum absolute atomic E-state index is 12.6. The van der Waals surface area contributed by atoms with Crippen molar-refractivity contribution in [2.45, 2.75) is 19.8 Å². The van der Waals surface area contributed by atoms with Gasteiger partial charge in [-0.3, -0.25) is 0 Å². The van der Waals surface area contributed by atoms with E-state index in [1.807, 2.05) is 60.7 Å². The molecule has 0 aliphatic carbocycles. The van der Waals surface area contributed by atoms with E-state index < -0.39 is 17.9 Å². The maximum atomic E-state index is 12.6. The number of rotatable bonds is 11. The normalized spacial score (nSPS) is 10.5. The Labute approximate surface area is 248 Å². The van der Waals surface area contributed by atoms with Gasteiger partial charge in [0, 0.05) is 0 Å². The minimum atomic E-state index is -0.988. The van der Waals surface area contributed by atoms with Gasteiger partial charge in [0.1, 0.15) is 25.6 Å². The highest BCUT2D eigenvalue weighted by Gasteiger charge is 2.13. The Morgan fingerprint density at radius 2 is 1.07 bits per heavy atom. The Morgan fingerprint density at radius 3 is 1.70 bits per heavy atom. The van der Waals surface area contributed by atoms with Crippen LogP contribution in [0.1, 0.15) is 47.8 Å². The quantitative estimate of drug-likeness (QED) is 0.165. The van der Waals surface area contributed by atoms with Gasteiger partial charge < -0.3 is 19.3 Å². The molecule has 0 radical (unpaired) electrons. The van der Waals surface area contributed by atoms with Crippen molar-refractivity contribution in [2.75, 3.05) is 0 Å². The summed E-state index contributed by atoms with van der Waals surface area (Å²) in [5.41, 5.74) is 4.89. The monoisotopic (exact) mass is 572 g/mol. The zero-order valence-corrected chi connectivity index (χ0v) is 23.1. The molecule has 0 saturated heterocycles. The lowest BCUT2D eigenvalue weighted by Gasteiger charge is -2.14. The van der Waals surface area contributed by atoms with Crippen LogP contribution < -0.4 is 4.74 Å². The van der Waals surface area contributed by atoms with Crippen LogP contribution in [0.3, 0.4) is 0 Å². The number of ether oxygens (including phenoxy) is 3. The Morgan fingerprint density at radius 1 is 0.512 bits per heavy atom. The standard InChI is InChI=1S/C36H28O7/c37-34(38)30-15-7-13-28(20-30)29-14-8-16-33(21-29)41-22-25-17-18-31(23-42-35(39)26-9-3-1-4-10-26)32(19-25)24-43-36(40)27-11-5-2-6-12-27/h1-21H,22-24H2,(H,37,38). The molecule has 0 bridgehead atoms. The van der Waals surface area contributed by atoms with Crippen LogP contribution in [-0.4, -0.2) is 23.0 Å². The molecule has 0 heterocycles. The lowest BCUT2D eigenvalue weighted by atomic mass is 10.0. The summed E-state index contributed by atoms with van der Waals surface area (Å²) in [4.78, 5) is 36.5. The lowest BCUT2D eigenvalue weighted by Crippen LogP contribution is -2.10. The number of carboxylic acid groups (broad SMARTS) is 1. The molecule has 1 N–H and O–H groups in total. The van der Waals surface area contributed by atoms with Crippen LogP contribution in [0.2, 0.25) is 0 Å². The van der Waals surface area contributed by atoms with E-state index in [2.05, 4.69) is 0 Å². The number of hydrogen-bond donors (Lipinski definition) is 1. The fourth-order valence-corrected chi connectivity index (χ4v) is 4.41. The Balaban J connectivity index is 1.31. The molecule has 214 valence electrons. The van der Waals surface area contributed by atoms with Crippen molar-refractivity contribution in [3.63, 3.8) is 0 Å². The first-order valence-electron chi connectivity index (χ1n) is 13.6. The molecule has 7 nitrogen and oxygen atoms in total. The number of hydrogen-bond acceptors (Lipinski definition) is 6. The number of aromatic carboxylic acids is 1. The van der Waals surface area contributed by atoms with Crippen molar-refractivity contribution in [1.82, 2.24) is 0 Å². The second-order valence-electron chi connectivity index (χ2n) is 9.69. The highest BCUT2D eigenvalue weighted by Crippen LogP contribution is 2.26. The van der Waals surface area contributed by atoms with Gasteiger partial charge in [-0.2, -0.15) is 0 Å². The molecule has 0 aliphatic heterocycles. The Kier molecular flexibility index (Phi) is 9.24. The third-order valence-electron chi connectivity index (χ3n) is 6.69. The number of esters is 2. The van der Waals surface area contributed by atoms with Crippen LogP contribution in [0.4, 0.5) is 0 Å². The van der Waals surface area contributed by atoms with E-state index in [1.165, 1.54) is 0 Å². The molecular formula is C36H28O7. The summed E-state index contributed by atoms with van der Waals surface area (Å²) >= 11 is 0. The first-order chi connectivity index (χ1) is 21.0. The molecule has 0 unspecified atom stereocenters. The summed E-state index contributed by atoms with van der Waals surface area (Å²) in [5.74, 6) is -1.29. The predicted octanol–water partition coefficient (Wildman–Crippen LogP) is 7.34. The van der Waals surface area contributed by atoms with Crippen molar-refractivity contribution >= 4 is 17.9 Å². The van der Waals surface area contributed by atoms with Gasteiger partial charge >= 0.3 is 17.9 Å². The van der Waals surface area contributed by atoms with Crippen LogP contribution in [-0.2, 0) is 29.3 Å². The first kappa shape index (κ1) is 28.8. The highest BCUT2D eigenvalue weighted by atomic mass is 16.5. The Hall–Kier alpha value is -5.69. The lowest BCUT2D eigenvalue weighted by molar-refractivity contribution is 0.0435. The predicted molar refractivity (Wildman–Crippen MR) is 161 cm³/mol. The van der Waals surface area contributed by atoms with Crippen LogP contribution >= 0.6 is 0 Å². The molecule has 0 aromatic heterocycles. The van der Waals surface area contributed by atoms with E-state index in [-0.39, 0.29) is 25.4 Å². The highest BCUT2D eigenvalue weighted by molar-refractivity contribution is 5.90. The third kappa shape index (κ3) is 7.74. The van der Waals surface area contributed by atoms with Crippen molar-refractivity contribution in [3.8, 4) is 16.9 Å². The molecule has 43 heavy (non-hydrogen) atoms. The molecule has 5 rings (SSSR count). The van der Waals surface area contributed by atoms with Gasteiger partial charge in [0.15, 0.2) is 0 Å². The number of carbonyl (C=O) groups excluding carboxylic acids is 2. The topological polar surface area (TPSA) is 99.1 Å². The van der Waals surface area contributed by atoms with E-state index in [0.717, 1.165) is 16.7 Å². The largest absolute Gasteiger partial charge is 0.489 e. The molecule has 0 saturated carbocycles. The summed E-state index contributed by atoms with van der Waals surface area (Å²) in [6.07, 6.45) is 0. The number of carboxylic acids is 1. The first-order valence-corrected chi connectivity index (χ1v) is 13.6. The van der Waals surface area contributed by atoms with Gasteiger partial charge in [0.2, 0.25) is 0 Å². The third-order valence-corrected chi connectivity index (χ3v) is 6.69. The fourth-order valence-electron chi connectivity index (χ4n) is 4.41. The van der Waals surface area contributed by atoms with Crippen LogP contribution in [0, 0.1) is 0 Å². The van der Waals surface area contributed by atoms with Crippen molar-refractivity contribution in [1.29, 1.82) is 0 Å². The molecule has 0 fully saturated rings. The van der Waals surface area contributed by atoms with Gasteiger partial charge in [-0.05, 0) is 82.4 Å². The average Bonchev–Trinajstić information content (AvgIpc) is 3.06. The smallest absolute Gasteiger partial charge is 0.338 e. The van der Waals surface area contributed by atoms with Gasteiger partial charge in [-0.25, -0.2) is 14.4 Å². The molecule has 0 spiro atoms. The minimum Gasteiger partial charge on any atom is -0.489 e. The second kappa shape index (κ2) is 13.8. The summed E-state index contributed by atoms with van der Waals surface area (Å²) < 4.78 is 17.2. The number of carbonyl (C=O) groups is 3. The Bertz CT molecular complexity index is 1730. The van der Waals surface area contributed by atoms with Gasteiger partial charge in [-0.15, -0.1) is 0 Å². The van der Waals surface area contributed by atoms with E-state index >= 15 is 0 Å². The molecular weight excluding hydrogens is 544 g/mol. The molecule has 5 aromatic rings. The van der Waals surface area contributed by atoms with Gasteiger partial charge in [0.25, 0.3) is 0 Å². The zero-order valence-electron chi connectivity index (χ0n) is 23.1. The molecule has 0 amide bonds. The summed E-state index contributed by atoms with van der Waals surface area (Å²) in [5, 5.41) is 9.33. The molecule has 5 aromatic carbocycles. The van der Waals surface area contributed by atoms with E-state index in [0.29, 0.717) is 28.0 Å². The van der Waals surface area contributed by atoms with E-state index in [9.17, 15) is 19.5 Å². The van der Waals surface area contributed by atoms with Gasteiger partial charge in [0.05, 0.1) is 16.7 Å². The fraction of sp³-hybridized carbons (Fsp3) is 0.0833. The summed E-state index contributed by atoms with van der Waals surface area (Å²) in [6, 6.07) is 37.1. The second-order valence-corrected chi connectivity index (χ2v) is 9.69. The van der Waals surface area contributed by atoms with Crippen LogP contribution in [0.25, 0.3) is 11.1 Å². The SMILES string of the molecule is O=C(O)c1cccc(-c2cccc(OCc3ccc(COC(=O)c4ccccc4)c(COC(=O)c4ccccc4)c3)c2)c1. The van der Waals surface area contributed by atoms with Crippen molar-refractivity contribution in [3.05, 3.63) is 161 Å². The maximum Gasteiger partial charge on any atom is 0.338 e. The summed E-state index contributed by atoms with van der Waals surface area (Å²) in [7, 11) is 0. The minimum absolute atomic E-state index is 0.00450. The van der Waals surface area contributed by atoms with E-state index in [4.69, 9.17) is 14.2 Å². The number of benzene rings is 5. The molecule has 7 heteroatoms. The van der Waals surface area contributed by atoms with E-state index in [1.54, 1.807) is 66.7 Å². The van der Waals surface area contributed by atoms with Crippen molar-refractivity contribution < 1.29 is 33.7 Å². The van der Waals surface area contributed by atoms with Crippen LogP contribution in [0.15, 0.2) is 127 Å². The zero-order chi connectivity index (χ0) is 30.0. The van der Waals surface area contributed by atoms with Gasteiger partial charge in [-0.1, -0.05) is 72.8 Å². The summed E-state index contributed by atoms with van der Waals surface area (Å²) in [6.45, 7) is 0.210. The molecule has 0 atom stereocenters. The van der Waals surface area contributed by atoms with Crippen molar-refractivity contribution in [2.24, 2.45) is 0 Å².